The van der Waals surface area contributed by atoms with Crippen molar-refractivity contribution in [1.82, 2.24) is 20.2 Å². The number of phosphoric ester groups is 1. The number of ether oxygens (including phenoxy) is 1. The van der Waals surface area contributed by atoms with Gasteiger partial charge in [0.15, 0.2) is 5.43 Å². The van der Waals surface area contributed by atoms with Crippen molar-refractivity contribution in [1.29, 1.82) is 0 Å². The first-order valence-corrected chi connectivity index (χ1v) is 24.0. The maximum absolute atomic E-state index is 13.1. The smallest absolute Gasteiger partial charge is 0.490 e. The van der Waals surface area contributed by atoms with E-state index in [2.05, 4.69) is 40.6 Å². The zero-order valence-electron chi connectivity index (χ0n) is 34.0. The molecule has 3 aliphatic rings. The van der Waals surface area contributed by atoms with Crippen LogP contribution in [0, 0.1) is 11.8 Å². The predicted octanol–water partition coefficient (Wildman–Crippen LogP) is 3.30. The molecule has 0 spiro atoms. The average Bonchev–Trinajstić information content (AvgIpc) is 3.70. The number of nitrogens with one attached hydrogen (secondary N) is 3. The molecule has 3 heterocycles. The molecule has 0 saturated carbocycles. The molecule has 1 fully saturated rings. The number of benzene rings is 3. The molecule has 27 heteroatoms. The van der Waals surface area contributed by atoms with Crippen LogP contribution in [-0.4, -0.2) is 82.9 Å². The van der Waals surface area contributed by atoms with Crippen LogP contribution in [0.4, 0.5) is 0 Å². The van der Waals surface area contributed by atoms with Crippen LogP contribution in [0.3, 0.4) is 0 Å². The summed E-state index contributed by atoms with van der Waals surface area (Å²) in [6.45, 7) is -0.679. The lowest BCUT2D eigenvalue weighted by Crippen LogP contribution is -2.33. The van der Waals surface area contributed by atoms with E-state index < -0.39 is 65.5 Å². The van der Waals surface area contributed by atoms with E-state index in [0.717, 1.165) is 10.8 Å². The second-order valence-electron chi connectivity index (χ2n) is 14.4. The third kappa shape index (κ3) is 13.1. The molecule has 2 aliphatic heterocycles. The number of carbonyl (C=O) groups excluding carboxylic acids is 2. The van der Waals surface area contributed by atoms with Gasteiger partial charge < -0.3 is 49.6 Å². The van der Waals surface area contributed by atoms with E-state index in [4.69, 9.17) is 18.9 Å². The van der Waals surface area contributed by atoms with Crippen LogP contribution >= 0.6 is 23.5 Å². The van der Waals surface area contributed by atoms with Crippen LogP contribution in [0.15, 0.2) is 79.6 Å². The van der Waals surface area contributed by atoms with E-state index in [-0.39, 0.29) is 83.0 Å². The molecule has 4 atom stereocenters. The largest absolute Gasteiger partial charge is 0.508 e. The topological polar surface area (TPSA) is 370 Å². The van der Waals surface area contributed by atoms with Crippen LogP contribution in [0.25, 0.3) is 33.4 Å². The van der Waals surface area contributed by atoms with Gasteiger partial charge >= 0.3 is 35.1 Å². The van der Waals surface area contributed by atoms with Crippen molar-refractivity contribution in [3.8, 4) is 40.0 Å². The number of aromatic nitrogens is 2. The van der Waals surface area contributed by atoms with E-state index in [1.165, 1.54) is 48.5 Å². The highest BCUT2D eigenvalue weighted by Gasteiger charge is 2.41. The Morgan fingerprint density at radius 2 is 1.64 bits per heavy atom. The number of rotatable bonds is 18. The number of unbranched alkanes of at least 4 members (excludes halogenated alkanes) is 2. The molecule has 2 amide bonds. The molecule has 1 saturated heterocycles. The molecule has 2 unspecified atom stereocenters. The van der Waals surface area contributed by atoms with Gasteiger partial charge in [-0.3, -0.25) is 33.3 Å². The summed E-state index contributed by atoms with van der Waals surface area (Å²) in [5, 5.41) is 26.0. The van der Waals surface area contributed by atoms with Crippen molar-refractivity contribution in [2.45, 2.75) is 50.9 Å². The summed E-state index contributed by atoms with van der Waals surface area (Å²) in [5.41, 5.74) is -0.963. The van der Waals surface area contributed by atoms with Gasteiger partial charge in [0.1, 0.15) is 28.9 Å². The monoisotopic (exact) mass is 976 g/mol. The van der Waals surface area contributed by atoms with Gasteiger partial charge in [-0.2, -0.15) is 8.62 Å². The van der Waals surface area contributed by atoms with Gasteiger partial charge in [0.2, 0.25) is 5.91 Å². The lowest BCUT2D eigenvalue weighted by Gasteiger charge is -2.19. The highest BCUT2D eigenvalue weighted by Crippen LogP contribution is 2.66. The second-order valence-corrected chi connectivity index (χ2v) is 18.8. The number of aromatic amines is 1. The van der Waals surface area contributed by atoms with Gasteiger partial charge in [-0.1, -0.05) is 24.3 Å². The van der Waals surface area contributed by atoms with E-state index in [1.807, 2.05) is 0 Å². The molecule has 1 aromatic heterocycles. The van der Waals surface area contributed by atoms with Crippen LogP contribution in [0.5, 0.6) is 5.75 Å². The van der Waals surface area contributed by atoms with Crippen molar-refractivity contribution in [3.05, 3.63) is 109 Å². The molecule has 9 N–H and O–H groups in total. The third-order valence-corrected chi connectivity index (χ3v) is 13.4. The Hall–Kier alpha value is -6.05. The van der Waals surface area contributed by atoms with E-state index in [0.29, 0.717) is 35.8 Å². The van der Waals surface area contributed by atoms with Gasteiger partial charge in [0.05, 0.1) is 24.8 Å². The molecule has 2 aromatic carbocycles. The van der Waals surface area contributed by atoms with Crippen molar-refractivity contribution in [2.24, 2.45) is 0 Å². The summed E-state index contributed by atoms with van der Waals surface area (Å²) in [4.78, 5) is 113. The number of aromatic hydroxyl groups is 1. The summed E-state index contributed by atoms with van der Waals surface area (Å²) in [7, 11) is -16.7. The standard InChI is InChI=1S/C39H39N4O20P3/c44-24-8-12-28-31(18-24)61-32-19-25(45)9-13-29(32)35(28)27-11-7-22(17-30(27)38(49)50)36(47)41-15-3-1-2-6-33(46)40-16-4-5-23-20-43(39(51)42-37(23)48)34-14-10-26(60-34)21-59-65(55,56)63-66(57,58)62-64(52,53)54/h7-9,11-13,17-20,26,34,44H,1-3,6,10,14-16,21H2,(H,40,46)(H,41,47)(H,49,50)(H,55,56)(H,57,58)(H,42,48,51)(H2,52,53,54)/t26-,34+/m0/s1. The number of amides is 2. The molecule has 3 aromatic rings. The number of H-pyrrole nitrogens is 1. The number of phenols is 1. The summed E-state index contributed by atoms with van der Waals surface area (Å²) in [6.07, 6.45) is 0.908. The SMILES string of the molecule is O=C(CCCCCNC(=O)c1ccc(-c2c3ccc(=O)cc-3oc3cc(O)ccc23)c(C(=O)O)c1)NCC#Cc1cn([C@H]2CC[C@@H](COP(=O)(O)OP(=O)(O)OP(=O)(O)O)O2)c(=O)[nH]c1=O. The number of hydrogen-bond donors (Lipinski definition) is 9. The van der Waals surface area contributed by atoms with Gasteiger partial charge in [-0.25, -0.2) is 23.3 Å². The van der Waals surface area contributed by atoms with Gasteiger partial charge in [0.25, 0.3) is 11.5 Å². The second kappa shape index (κ2) is 20.6. The molecule has 0 radical (unpaired) electrons. The molecule has 350 valence electrons. The number of carboxylic acid groups (broad SMARTS) is 1. The Labute approximate surface area is 370 Å². The molecular weight excluding hydrogens is 937 g/mol. The minimum atomic E-state index is -5.72. The molecule has 66 heavy (non-hydrogen) atoms. The maximum Gasteiger partial charge on any atom is 0.490 e. The van der Waals surface area contributed by atoms with Crippen LogP contribution < -0.4 is 27.3 Å². The Morgan fingerprint density at radius 3 is 2.38 bits per heavy atom. The fraction of sp³-hybridized carbons (Fsp3) is 0.282. The normalized spacial score (nSPS) is 16.8. The fourth-order valence-corrected chi connectivity index (χ4v) is 9.82. The van der Waals surface area contributed by atoms with Gasteiger partial charge in [0, 0.05) is 53.4 Å². The Kier molecular flexibility index (Phi) is 15.4. The van der Waals surface area contributed by atoms with E-state index in [9.17, 15) is 62.5 Å². The molecule has 0 bridgehead atoms. The lowest BCUT2D eigenvalue weighted by atomic mass is 9.90. The summed E-state index contributed by atoms with van der Waals surface area (Å²) in [6, 6.07) is 12.6. The van der Waals surface area contributed by atoms with E-state index in [1.54, 1.807) is 6.07 Å². The fourth-order valence-electron chi connectivity index (χ4n) is 6.77. The lowest BCUT2D eigenvalue weighted by molar-refractivity contribution is -0.121. The average molecular weight is 977 g/mol. The predicted molar refractivity (Wildman–Crippen MR) is 228 cm³/mol. The summed E-state index contributed by atoms with van der Waals surface area (Å²) >= 11 is 0. The molecule has 24 nitrogen and oxygen atoms in total. The quantitative estimate of drug-likeness (QED) is 0.0263. The number of carbonyl (C=O) groups is 3. The zero-order chi connectivity index (χ0) is 48.0. The first-order chi connectivity index (χ1) is 31.1. The minimum Gasteiger partial charge on any atom is -0.508 e. The van der Waals surface area contributed by atoms with Crippen molar-refractivity contribution < 1.29 is 80.2 Å². The Morgan fingerprint density at radius 1 is 0.879 bits per heavy atom. The van der Waals surface area contributed by atoms with Crippen molar-refractivity contribution in [2.75, 3.05) is 19.7 Å². The first-order valence-electron chi connectivity index (χ1n) is 19.5. The third-order valence-electron chi connectivity index (χ3n) is 9.62. The summed E-state index contributed by atoms with van der Waals surface area (Å²) in [5.74, 6) is 3.05. The molecule has 1 aliphatic carbocycles. The number of hydrogen-bond acceptors (Lipinski definition) is 15. The van der Waals surface area contributed by atoms with Crippen LogP contribution in [0.1, 0.15) is 71.0 Å². The van der Waals surface area contributed by atoms with Crippen LogP contribution in [-0.2, 0) is 36.4 Å². The number of nitrogens with zero attached hydrogens (tertiary/aromatic N) is 1. The number of phosphoric acid groups is 3. The first kappa shape index (κ1) is 49.4. The Balaban J connectivity index is 0.948. The van der Waals surface area contributed by atoms with Crippen molar-refractivity contribution >= 4 is 52.2 Å². The van der Waals surface area contributed by atoms with E-state index >= 15 is 0 Å². The molecule has 6 rings (SSSR count). The Bertz CT molecular complexity index is 3060. The maximum atomic E-state index is 13.1. The number of phenolic OH excluding ortho intramolecular Hbond substituents is 1. The number of aromatic carboxylic acids is 1. The number of carboxylic acids is 1. The highest BCUT2D eigenvalue weighted by molar-refractivity contribution is 7.66. The number of fused-ring (bicyclic) bond motifs is 2. The molecular formula is C39H39N4O20P3. The van der Waals surface area contributed by atoms with Crippen molar-refractivity contribution in [3.63, 3.8) is 0 Å². The summed E-state index contributed by atoms with van der Waals surface area (Å²) < 4.78 is 58.7. The highest BCUT2D eigenvalue weighted by atomic mass is 31.3. The van der Waals surface area contributed by atoms with Gasteiger partial charge in [-0.15, -0.1) is 0 Å². The van der Waals surface area contributed by atoms with Crippen LogP contribution in [0.2, 0.25) is 0 Å². The van der Waals surface area contributed by atoms with Gasteiger partial charge in [-0.05, 0) is 67.6 Å². The zero-order valence-corrected chi connectivity index (χ0v) is 36.7. The minimum absolute atomic E-state index is 0.0836.